The van der Waals surface area contributed by atoms with E-state index in [9.17, 15) is 9.18 Å². The average Bonchev–Trinajstić information content (AvgIpc) is 3.17. The number of halogens is 1. The molecule has 0 radical (unpaired) electrons. The number of primary amides is 1. The Hall–Kier alpha value is -2.48. The van der Waals surface area contributed by atoms with Crippen molar-refractivity contribution in [3.05, 3.63) is 41.8 Å². The Morgan fingerprint density at radius 2 is 2.30 bits per heavy atom. The molecule has 1 aromatic carbocycles. The fourth-order valence-electron chi connectivity index (χ4n) is 2.68. The maximum atomic E-state index is 13.5. The Labute approximate surface area is 132 Å². The molecule has 0 bridgehead atoms. The first-order chi connectivity index (χ1) is 11.1. The summed E-state index contributed by atoms with van der Waals surface area (Å²) in [5, 5.41) is 3.57. The third kappa shape index (κ3) is 3.48. The van der Waals surface area contributed by atoms with Gasteiger partial charge in [0.2, 0.25) is 5.89 Å². The molecule has 1 atom stereocenters. The molecule has 1 saturated heterocycles. The predicted octanol–water partition coefficient (Wildman–Crippen LogP) is 1.52. The number of hydrogen-bond donors (Lipinski definition) is 1. The fraction of sp³-hybridized carbons (Fsp3) is 0.400. The third-order valence-electron chi connectivity index (χ3n) is 3.78. The maximum absolute atomic E-state index is 13.5. The van der Waals surface area contributed by atoms with Gasteiger partial charge in [0.1, 0.15) is 6.61 Å². The first-order valence-electron chi connectivity index (χ1n) is 7.40. The molecule has 1 aliphatic heterocycles. The molecule has 7 nitrogen and oxygen atoms in total. The standard InChI is InChI=1S/C15H17FN4O3/c16-10-4-1-2-6-12(10)22-9-8-20-7-3-5-11(20)15-18-14(13(17)21)19-23-15/h1-2,4,6,11H,3,5,7-9H2,(H2,17,21). The molecule has 1 aromatic heterocycles. The summed E-state index contributed by atoms with van der Waals surface area (Å²) in [6.07, 6.45) is 1.82. The van der Waals surface area contributed by atoms with Crippen LogP contribution in [0.25, 0.3) is 0 Å². The highest BCUT2D eigenvalue weighted by Crippen LogP contribution is 2.30. The van der Waals surface area contributed by atoms with Crippen molar-refractivity contribution in [2.24, 2.45) is 5.73 Å². The van der Waals surface area contributed by atoms with E-state index in [0.29, 0.717) is 19.0 Å². The monoisotopic (exact) mass is 320 g/mol. The summed E-state index contributed by atoms with van der Waals surface area (Å²) >= 11 is 0. The van der Waals surface area contributed by atoms with Gasteiger partial charge in [-0.3, -0.25) is 9.69 Å². The summed E-state index contributed by atoms with van der Waals surface area (Å²) in [7, 11) is 0. The van der Waals surface area contributed by atoms with E-state index >= 15 is 0 Å². The summed E-state index contributed by atoms with van der Waals surface area (Å²) in [6.45, 7) is 1.78. The van der Waals surface area contributed by atoms with Crippen LogP contribution in [-0.4, -0.2) is 40.6 Å². The molecular weight excluding hydrogens is 303 g/mol. The van der Waals surface area contributed by atoms with Crippen molar-refractivity contribution in [3.63, 3.8) is 0 Å². The minimum atomic E-state index is -0.715. The van der Waals surface area contributed by atoms with Gasteiger partial charge in [0, 0.05) is 6.54 Å². The maximum Gasteiger partial charge on any atom is 0.290 e. The number of benzene rings is 1. The van der Waals surface area contributed by atoms with Crippen LogP contribution in [0.3, 0.4) is 0 Å². The van der Waals surface area contributed by atoms with Crippen LogP contribution in [0, 0.1) is 5.82 Å². The number of carbonyl (C=O) groups is 1. The lowest BCUT2D eigenvalue weighted by atomic mass is 10.2. The topological polar surface area (TPSA) is 94.5 Å². The number of rotatable bonds is 6. The Bertz CT molecular complexity index is 691. The molecule has 0 saturated carbocycles. The first-order valence-corrected chi connectivity index (χ1v) is 7.40. The van der Waals surface area contributed by atoms with Gasteiger partial charge in [-0.2, -0.15) is 4.98 Å². The SMILES string of the molecule is NC(=O)c1noc(C2CCCN2CCOc2ccccc2F)n1. The zero-order valence-corrected chi connectivity index (χ0v) is 12.4. The molecule has 1 amide bonds. The van der Waals surface area contributed by atoms with Crippen LogP contribution < -0.4 is 10.5 Å². The van der Waals surface area contributed by atoms with Crippen LogP contribution in [-0.2, 0) is 0 Å². The molecule has 1 aliphatic rings. The van der Waals surface area contributed by atoms with Crippen molar-refractivity contribution in [2.75, 3.05) is 19.7 Å². The summed E-state index contributed by atoms with van der Waals surface area (Å²) in [4.78, 5) is 17.2. The fourth-order valence-corrected chi connectivity index (χ4v) is 2.68. The first kappa shape index (κ1) is 15.4. The molecule has 8 heteroatoms. The molecule has 1 fully saturated rings. The molecular formula is C15H17FN4O3. The van der Waals surface area contributed by atoms with Crippen molar-refractivity contribution < 1.29 is 18.4 Å². The van der Waals surface area contributed by atoms with Crippen molar-refractivity contribution in [1.82, 2.24) is 15.0 Å². The lowest BCUT2D eigenvalue weighted by Crippen LogP contribution is -2.28. The number of aromatic nitrogens is 2. The van der Waals surface area contributed by atoms with Crippen LogP contribution in [0.5, 0.6) is 5.75 Å². The van der Waals surface area contributed by atoms with Gasteiger partial charge in [0.25, 0.3) is 11.7 Å². The summed E-state index contributed by atoms with van der Waals surface area (Å²) < 4.78 is 24.1. The zero-order valence-electron chi connectivity index (χ0n) is 12.4. The predicted molar refractivity (Wildman–Crippen MR) is 78.3 cm³/mol. The van der Waals surface area contributed by atoms with Gasteiger partial charge in [-0.1, -0.05) is 17.3 Å². The molecule has 3 rings (SSSR count). The molecule has 0 spiro atoms. The van der Waals surface area contributed by atoms with Crippen LogP contribution in [0.2, 0.25) is 0 Å². The van der Waals surface area contributed by atoms with Crippen LogP contribution in [0.15, 0.2) is 28.8 Å². The Morgan fingerprint density at radius 1 is 1.48 bits per heavy atom. The van der Waals surface area contributed by atoms with Gasteiger partial charge >= 0.3 is 0 Å². The molecule has 0 aliphatic carbocycles. The molecule has 1 unspecified atom stereocenters. The number of amides is 1. The molecule has 2 heterocycles. The van der Waals surface area contributed by atoms with Gasteiger partial charge in [0.05, 0.1) is 6.04 Å². The second-order valence-electron chi connectivity index (χ2n) is 5.29. The molecule has 23 heavy (non-hydrogen) atoms. The van der Waals surface area contributed by atoms with Gasteiger partial charge in [-0.25, -0.2) is 4.39 Å². The van der Waals surface area contributed by atoms with E-state index in [-0.39, 0.29) is 23.4 Å². The van der Waals surface area contributed by atoms with Crippen molar-refractivity contribution >= 4 is 5.91 Å². The Balaban J connectivity index is 1.58. The van der Waals surface area contributed by atoms with E-state index in [1.165, 1.54) is 6.07 Å². The normalized spacial score (nSPS) is 18.2. The summed E-state index contributed by atoms with van der Waals surface area (Å²) in [5.74, 6) is -0.602. The number of likely N-dealkylation sites (tertiary alicyclic amines) is 1. The Morgan fingerprint density at radius 3 is 3.04 bits per heavy atom. The second-order valence-corrected chi connectivity index (χ2v) is 5.29. The number of hydrogen-bond acceptors (Lipinski definition) is 6. The highest BCUT2D eigenvalue weighted by molar-refractivity contribution is 5.88. The van der Waals surface area contributed by atoms with E-state index in [2.05, 4.69) is 15.0 Å². The van der Waals surface area contributed by atoms with E-state index in [1.807, 2.05) is 0 Å². The largest absolute Gasteiger partial charge is 0.489 e. The van der Waals surface area contributed by atoms with E-state index in [1.54, 1.807) is 18.2 Å². The summed E-state index contributed by atoms with van der Waals surface area (Å²) in [5.41, 5.74) is 5.13. The highest BCUT2D eigenvalue weighted by Gasteiger charge is 2.31. The van der Waals surface area contributed by atoms with Crippen molar-refractivity contribution in [1.29, 1.82) is 0 Å². The smallest absolute Gasteiger partial charge is 0.290 e. The molecule has 2 N–H and O–H groups in total. The lowest BCUT2D eigenvalue weighted by molar-refractivity contribution is 0.0987. The van der Waals surface area contributed by atoms with Gasteiger partial charge < -0.3 is 15.0 Å². The van der Waals surface area contributed by atoms with Crippen LogP contribution in [0.4, 0.5) is 4.39 Å². The minimum Gasteiger partial charge on any atom is -0.489 e. The van der Waals surface area contributed by atoms with Gasteiger partial charge in [-0.15, -0.1) is 0 Å². The molecule has 122 valence electrons. The van der Waals surface area contributed by atoms with Gasteiger partial charge in [-0.05, 0) is 31.5 Å². The van der Waals surface area contributed by atoms with Crippen LogP contribution >= 0.6 is 0 Å². The van der Waals surface area contributed by atoms with Gasteiger partial charge in [0.15, 0.2) is 11.6 Å². The number of nitrogens with two attached hydrogens (primary N) is 1. The Kier molecular flexibility index (Phi) is 4.52. The number of carbonyl (C=O) groups excluding carboxylic acids is 1. The quantitative estimate of drug-likeness (QED) is 0.867. The van der Waals surface area contributed by atoms with E-state index < -0.39 is 5.91 Å². The minimum absolute atomic E-state index is 0.0696. The van der Waals surface area contributed by atoms with E-state index in [4.69, 9.17) is 15.0 Å². The van der Waals surface area contributed by atoms with Crippen molar-refractivity contribution in [3.8, 4) is 5.75 Å². The zero-order chi connectivity index (χ0) is 16.2. The third-order valence-corrected chi connectivity index (χ3v) is 3.78. The van der Waals surface area contributed by atoms with Crippen LogP contribution in [0.1, 0.15) is 35.4 Å². The summed E-state index contributed by atoms with van der Waals surface area (Å²) in [6, 6.07) is 6.22. The van der Waals surface area contributed by atoms with Crippen molar-refractivity contribution in [2.45, 2.75) is 18.9 Å². The number of ether oxygens (including phenoxy) is 1. The number of para-hydroxylation sites is 1. The van der Waals surface area contributed by atoms with E-state index in [0.717, 1.165) is 19.4 Å². The molecule has 2 aromatic rings. The second kappa shape index (κ2) is 6.74. The average molecular weight is 320 g/mol. The number of nitrogens with zero attached hydrogens (tertiary/aromatic N) is 3. The lowest BCUT2D eigenvalue weighted by Gasteiger charge is -2.21. The highest BCUT2D eigenvalue weighted by atomic mass is 19.1.